The van der Waals surface area contributed by atoms with Crippen LogP contribution in [0.5, 0.6) is 0 Å². The number of hydrogen-bond donors (Lipinski definition) is 1. The van der Waals surface area contributed by atoms with E-state index < -0.39 is 0 Å². The molecule has 0 aromatic carbocycles. The molecule has 1 amide bonds. The first-order chi connectivity index (χ1) is 8.06. The van der Waals surface area contributed by atoms with Crippen LogP contribution in [0.3, 0.4) is 0 Å². The lowest BCUT2D eigenvalue weighted by molar-refractivity contribution is -0.132. The number of amides is 1. The molecule has 1 heterocycles. The van der Waals surface area contributed by atoms with Gasteiger partial charge in [-0.2, -0.15) is 0 Å². The predicted molar refractivity (Wildman–Crippen MR) is 68.8 cm³/mol. The highest BCUT2D eigenvalue weighted by Gasteiger charge is 2.26. The van der Waals surface area contributed by atoms with Crippen molar-refractivity contribution in [2.45, 2.75) is 51.6 Å². The molecular formula is C13H26N2O2. The first-order valence-electron chi connectivity index (χ1n) is 6.66. The summed E-state index contributed by atoms with van der Waals surface area (Å²) >= 11 is 0. The number of aliphatic hydroxyl groups excluding tert-OH is 1. The van der Waals surface area contributed by atoms with Gasteiger partial charge in [0, 0.05) is 25.7 Å². The molecule has 100 valence electrons. The van der Waals surface area contributed by atoms with Crippen molar-refractivity contribution in [3.8, 4) is 0 Å². The highest BCUT2D eigenvalue weighted by Crippen LogP contribution is 2.21. The Morgan fingerprint density at radius 3 is 2.82 bits per heavy atom. The Morgan fingerprint density at radius 2 is 2.24 bits per heavy atom. The summed E-state index contributed by atoms with van der Waals surface area (Å²) in [4.78, 5) is 16.1. The first kappa shape index (κ1) is 14.5. The molecule has 1 unspecified atom stereocenters. The highest BCUT2D eigenvalue weighted by atomic mass is 16.3. The molecule has 0 saturated carbocycles. The van der Waals surface area contributed by atoms with Gasteiger partial charge in [0.15, 0.2) is 0 Å². The van der Waals surface area contributed by atoms with Crippen molar-refractivity contribution in [2.24, 2.45) is 0 Å². The van der Waals surface area contributed by atoms with Gasteiger partial charge >= 0.3 is 0 Å². The van der Waals surface area contributed by atoms with E-state index in [2.05, 4.69) is 4.90 Å². The summed E-state index contributed by atoms with van der Waals surface area (Å²) in [7, 11) is 1.87. The van der Waals surface area contributed by atoms with Gasteiger partial charge in [-0.25, -0.2) is 0 Å². The van der Waals surface area contributed by atoms with Gasteiger partial charge in [0.05, 0.1) is 6.54 Å². The van der Waals surface area contributed by atoms with E-state index in [1.807, 2.05) is 20.9 Å². The van der Waals surface area contributed by atoms with E-state index in [4.69, 9.17) is 5.11 Å². The van der Waals surface area contributed by atoms with Crippen LogP contribution >= 0.6 is 0 Å². The van der Waals surface area contributed by atoms with Crippen molar-refractivity contribution >= 4 is 5.91 Å². The maximum Gasteiger partial charge on any atom is 0.236 e. The zero-order valence-corrected chi connectivity index (χ0v) is 11.4. The van der Waals surface area contributed by atoms with E-state index in [1.165, 1.54) is 12.8 Å². The van der Waals surface area contributed by atoms with Crippen LogP contribution in [0.4, 0.5) is 0 Å². The van der Waals surface area contributed by atoms with E-state index in [1.54, 1.807) is 4.90 Å². The van der Waals surface area contributed by atoms with Crippen LogP contribution in [0.25, 0.3) is 0 Å². The lowest BCUT2D eigenvalue weighted by Gasteiger charge is -2.28. The maximum atomic E-state index is 12.0. The Kier molecular flexibility index (Phi) is 5.92. The molecule has 1 aliphatic heterocycles. The van der Waals surface area contributed by atoms with Crippen molar-refractivity contribution in [3.63, 3.8) is 0 Å². The second-order valence-electron chi connectivity index (χ2n) is 5.23. The molecule has 0 spiro atoms. The number of rotatable bonds is 6. The predicted octanol–water partition coefficient (Wildman–Crippen LogP) is 1.09. The lowest BCUT2D eigenvalue weighted by Crippen LogP contribution is -2.43. The topological polar surface area (TPSA) is 43.8 Å². The van der Waals surface area contributed by atoms with E-state index in [0.29, 0.717) is 12.6 Å². The first-order valence-corrected chi connectivity index (χ1v) is 6.66. The molecule has 1 aliphatic rings. The zero-order chi connectivity index (χ0) is 12.8. The van der Waals surface area contributed by atoms with Gasteiger partial charge in [0.1, 0.15) is 0 Å². The average Bonchev–Trinajstić information content (AvgIpc) is 2.72. The number of likely N-dealkylation sites (N-methyl/N-ethyl adjacent to an activating group) is 1. The molecule has 17 heavy (non-hydrogen) atoms. The summed E-state index contributed by atoms with van der Waals surface area (Å²) in [6, 6.07) is 0.757. The number of nitrogens with zero attached hydrogens (tertiary/aromatic N) is 2. The van der Waals surface area contributed by atoms with Gasteiger partial charge < -0.3 is 10.0 Å². The summed E-state index contributed by atoms with van der Waals surface area (Å²) in [5.74, 6) is 0.205. The molecule has 1 saturated heterocycles. The van der Waals surface area contributed by atoms with Gasteiger partial charge in [0.2, 0.25) is 5.91 Å². The quantitative estimate of drug-likeness (QED) is 0.758. The fraction of sp³-hybridized carbons (Fsp3) is 0.923. The van der Waals surface area contributed by atoms with E-state index in [0.717, 1.165) is 19.4 Å². The lowest BCUT2D eigenvalue weighted by atomic mass is 10.1. The number of carbonyl (C=O) groups is 1. The van der Waals surface area contributed by atoms with Crippen LogP contribution in [0, 0.1) is 0 Å². The Hall–Kier alpha value is -0.610. The monoisotopic (exact) mass is 242 g/mol. The van der Waals surface area contributed by atoms with Crippen LogP contribution in [0.15, 0.2) is 0 Å². The van der Waals surface area contributed by atoms with Gasteiger partial charge in [0.25, 0.3) is 0 Å². The SMILES string of the molecule is CC(C)N(C)C(=O)CN1CCCC1CCCO. The molecule has 0 aromatic rings. The third kappa shape index (κ3) is 4.28. The second kappa shape index (κ2) is 6.97. The van der Waals surface area contributed by atoms with Crippen LogP contribution in [-0.2, 0) is 4.79 Å². The molecule has 0 aromatic heterocycles. The highest BCUT2D eigenvalue weighted by molar-refractivity contribution is 5.78. The van der Waals surface area contributed by atoms with Crippen LogP contribution in [0.1, 0.15) is 39.5 Å². The fourth-order valence-corrected chi connectivity index (χ4v) is 2.33. The van der Waals surface area contributed by atoms with Gasteiger partial charge in [-0.1, -0.05) is 0 Å². The third-order valence-corrected chi connectivity index (χ3v) is 3.70. The largest absolute Gasteiger partial charge is 0.396 e. The summed E-state index contributed by atoms with van der Waals surface area (Å²) in [6.45, 7) is 5.87. The summed E-state index contributed by atoms with van der Waals surface area (Å²) in [5, 5.41) is 8.86. The fourth-order valence-electron chi connectivity index (χ4n) is 2.33. The van der Waals surface area contributed by atoms with Crippen molar-refractivity contribution in [1.29, 1.82) is 0 Å². The molecule has 1 rings (SSSR count). The molecule has 0 aliphatic carbocycles. The van der Waals surface area contributed by atoms with Gasteiger partial charge in [-0.3, -0.25) is 9.69 Å². The van der Waals surface area contributed by atoms with Crippen molar-refractivity contribution in [2.75, 3.05) is 26.7 Å². The molecule has 0 bridgehead atoms. The minimum Gasteiger partial charge on any atom is -0.396 e. The Labute approximate surface area is 105 Å². The molecule has 1 atom stereocenters. The summed E-state index contributed by atoms with van der Waals surface area (Å²) in [5.41, 5.74) is 0. The average molecular weight is 242 g/mol. The van der Waals surface area contributed by atoms with Crippen molar-refractivity contribution in [3.05, 3.63) is 0 Å². The normalized spacial score (nSPS) is 21.1. The summed E-state index contributed by atoms with van der Waals surface area (Å²) < 4.78 is 0. The Morgan fingerprint density at radius 1 is 1.53 bits per heavy atom. The minimum absolute atomic E-state index is 0.205. The molecule has 4 nitrogen and oxygen atoms in total. The number of likely N-dealkylation sites (tertiary alicyclic amines) is 1. The minimum atomic E-state index is 0.205. The maximum absolute atomic E-state index is 12.0. The molecule has 1 fully saturated rings. The molecular weight excluding hydrogens is 216 g/mol. The third-order valence-electron chi connectivity index (χ3n) is 3.70. The van der Waals surface area contributed by atoms with Gasteiger partial charge in [-0.15, -0.1) is 0 Å². The van der Waals surface area contributed by atoms with Crippen LogP contribution in [-0.4, -0.2) is 59.6 Å². The summed E-state index contributed by atoms with van der Waals surface area (Å²) in [6.07, 6.45) is 4.19. The van der Waals surface area contributed by atoms with E-state index in [-0.39, 0.29) is 18.6 Å². The van der Waals surface area contributed by atoms with Crippen LogP contribution in [0.2, 0.25) is 0 Å². The van der Waals surface area contributed by atoms with Crippen molar-refractivity contribution in [1.82, 2.24) is 9.80 Å². The van der Waals surface area contributed by atoms with Crippen molar-refractivity contribution < 1.29 is 9.90 Å². The van der Waals surface area contributed by atoms with E-state index in [9.17, 15) is 4.79 Å². The molecule has 1 N–H and O–H groups in total. The van der Waals surface area contributed by atoms with Gasteiger partial charge in [-0.05, 0) is 46.1 Å². The zero-order valence-electron chi connectivity index (χ0n) is 11.4. The number of aliphatic hydroxyl groups is 1. The smallest absolute Gasteiger partial charge is 0.236 e. The Balaban J connectivity index is 2.41. The van der Waals surface area contributed by atoms with E-state index >= 15 is 0 Å². The standard InChI is InChI=1S/C13H26N2O2/c1-11(2)14(3)13(17)10-15-8-4-6-12(15)7-5-9-16/h11-12,16H,4-10H2,1-3H3. The molecule has 4 heteroatoms. The molecule has 0 radical (unpaired) electrons. The second-order valence-corrected chi connectivity index (χ2v) is 5.23. The number of carbonyl (C=O) groups excluding carboxylic acids is 1. The number of hydrogen-bond acceptors (Lipinski definition) is 3. The van der Waals surface area contributed by atoms with Crippen LogP contribution < -0.4 is 0 Å². The Bertz CT molecular complexity index is 244.